The molecule has 1 atom stereocenters. The van der Waals surface area contributed by atoms with Crippen LogP contribution in [0.25, 0.3) is 0 Å². The van der Waals surface area contributed by atoms with Crippen LogP contribution in [0.5, 0.6) is 0 Å². The lowest BCUT2D eigenvalue weighted by Gasteiger charge is -2.36. The van der Waals surface area contributed by atoms with Crippen molar-refractivity contribution in [2.45, 2.75) is 16.8 Å². The molecule has 1 fully saturated rings. The molecule has 0 radical (unpaired) electrons. The highest BCUT2D eigenvalue weighted by molar-refractivity contribution is 8.01. The first-order valence-corrected chi connectivity index (χ1v) is 9.48. The molecule has 2 aliphatic heterocycles. The Labute approximate surface area is 165 Å². The van der Waals surface area contributed by atoms with Gasteiger partial charge >= 0.3 is 5.97 Å². The van der Waals surface area contributed by atoms with Crippen LogP contribution in [0.1, 0.15) is 15.9 Å². The second kappa shape index (κ2) is 6.90. The van der Waals surface area contributed by atoms with Gasteiger partial charge in [0.05, 0.1) is 18.4 Å². The van der Waals surface area contributed by atoms with Gasteiger partial charge in [-0.15, -0.1) is 0 Å². The van der Waals surface area contributed by atoms with Gasteiger partial charge in [-0.3, -0.25) is 14.5 Å². The zero-order chi connectivity index (χ0) is 19.1. The number of halogens is 1. The van der Waals surface area contributed by atoms with Crippen LogP contribution >= 0.6 is 23.4 Å². The van der Waals surface area contributed by atoms with E-state index in [0.29, 0.717) is 21.2 Å². The van der Waals surface area contributed by atoms with E-state index in [1.807, 2.05) is 18.2 Å². The predicted molar refractivity (Wildman–Crippen MR) is 102 cm³/mol. The number of thioether (sulfide) groups is 1. The van der Waals surface area contributed by atoms with Gasteiger partial charge in [-0.2, -0.15) is 0 Å². The summed E-state index contributed by atoms with van der Waals surface area (Å²) in [5.41, 5.74) is 1.83. The number of hydrogen-bond acceptors (Lipinski definition) is 5. The molecule has 2 aliphatic rings. The van der Waals surface area contributed by atoms with E-state index in [-0.39, 0.29) is 24.9 Å². The van der Waals surface area contributed by atoms with Crippen molar-refractivity contribution in [1.82, 2.24) is 4.90 Å². The molecule has 6 nitrogen and oxygen atoms in total. The van der Waals surface area contributed by atoms with Gasteiger partial charge in [0, 0.05) is 16.5 Å². The van der Waals surface area contributed by atoms with Crippen LogP contribution < -0.4 is 4.90 Å². The van der Waals surface area contributed by atoms with Gasteiger partial charge < -0.3 is 9.64 Å². The molecule has 8 heteroatoms. The zero-order valence-corrected chi connectivity index (χ0v) is 15.9. The molecular weight excluding hydrogens is 388 g/mol. The van der Waals surface area contributed by atoms with Gasteiger partial charge in [0.25, 0.3) is 5.91 Å². The third-order valence-electron chi connectivity index (χ3n) is 4.55. The number of ether oxygens (including phenoxy) is 1. The number of benzene rings is 2. The molecule has 0 N–H and O–H groups in total. The number of piperazine rings is 1. The Morgan fingerprint density at radius 2 is 2.04 bits per heavy atom. The molecule has 1 unspecified atom stereocenters. The number of carbonyl (C=O) groups is 3. The molecular formula is C19H15ClN2O4S. The lowest BCUT2D eigenvalue weighted by Crippen LogP contribution is -2.57. The van der Waals surface area contributed by atoms with Gasteiger partial charge in [0.2, 0.25) is 5.91 Å². The van der Waals surface area contributed by atoms with E-state index in [1.54, 1.807) is 24.3 Å². The van der Waals surface area contributed by atoms with Crippen molar-refractivity contribution in [1.29, 1.82) is 0 Å². The highest BCUT2D eigenvalue weighted by Crippen LogP contribution is 2.46. The smallest absolute Gasteiger partial charge is 0.337 e. The standard InChI is InChI=1S/C19H15ClN2O4S/c1-26-19(25)11-6-7-14-15(8-11)27-18-17(24)21(10-16(23)22(14)18)9-12-4-2-3-5-13(12)20/h2-8,18H,9-10H2,1H3. The summed E-state index contributed by atoms with van der Waals surface area (Å²) in [6.07, 6.45) is 0. The van der Waals surface area contributed by atoms with E-state index >= 15 is 0 Å². The minimum absolute atomic E-state index is 0.0146. The van der Waals surface area contributed by atoms with Gasteiger partial charge in [-0.25, -0.2) is 4.79 Å². The minimum Gasteiger partial charge on any atom is -0.465 e. The number of fused-ring (bicyclic) bond motifs is 3. The summed E-state index contributed by atoms with van der Waals surface area (Å²) in [7, 11) is 1.31. The third-order valence-corrected chi connectivity index (χ3v) is 6.14. The first-order valence-electron chi connectivity index (χ1n) is 8.23. The molecule has 0 aliphatic carbocycles. The predicted octanol–water partition coefficient (Wildman–Crippen LogP) is 2.93. The molecule has 1 saturated heterocycles. The molecule has 2 amide bonds. The summed E-state index contributed by atoms with van der Waals surface area (Å²) >= 11 is 7.46. The molecule has 4 rings (SSSR count). The topological polar surface area (TPSA) is 66.9 Å². The van der Waals surface area contributed by atoms with Crippen molar-refractivity contribution < 1.29 is 19.1 Å². The Bertz CT molecular complexity index is 964. The summed E-state index contributed by atoms with van der Waals surface area (Å²) < 4.78 is 4.74. The fraction of sp³-hybridized carbons (Fsp3) is 0.211. The summed E-state index contributed by atoms with van der Waals surface area (Å²) in [5.74, 6) is -0.777. The molecule has 0 aromatic heterocycles. The summed E-state index contributed by atoms with van der Waals surface area (Å²) in [6, 6.07) is 12.2. The second-order valence-electron chi connectivity index (χ2n) is 6.19. The Morgan fingerprint density at radius 1 is 1.26 bits per heavy atom. The van der Waals surface area contributed by atoms with Crippen LogP contribution in [-0.2, 0) is 20.9 Å². The van der Waals surface area contributed by atoms with E-state index < -0.39 is 11.3 Å². The normalized spacial score (nSPS) is 18.4. The number of carbonyl (C=O) groups excluding carboxylic acids is 3. The average molecular weight is 403 g/mol. The highest BCUT2D eigenvalue weighted by atomic mass is 35.5. The van der Waals surface area contributed by atoms with E-state index in [9.17, 15) is 14.4 Å². The Morgan fingerprint density at radius 3 is 2.78 bits per heavy atom. The summed E-state index contributed by atoms with van der Waals surface area (Å²) in [6.45, 7) is 0.262. The lowest BCUT2D eigenvalue weighted by molar-refractivity contribution is -0.139. The molecule has 27 heavy (non-hydrogen) atoms. The van der Waals surface area contributed by atoms with Crippen LogP contribution in [0.15, 0.2) is 47.4 Å². The molecule has 2 heterocycles. The number of esters is 1. The van der Waals surface area contributed by atoms with Crippen molar-refractivity contribution >= 4 is 46.8 Å². The van der Waals surface area contributed by atoms with Crippen LogP contribution in [0.4, 0.5) is 5.69 Å². The number of hydrogen-bond donors (Lipinski definition) is 0. The van der Waals surface area contributed by atoms with Crippen LogP contribution in [0.3, 0.4) is 0 Å². The second-order valence-corrected chi connectivity index (χ2v) is 7.72. The lowest BCUT2D eigenvalue weighted by atomic mass is 10.1. The van der Waals surface area contributed by atoms with Crippen molar-refractivity contribution in [3.8, 4) is 0 Å². The van der Waals surface area contributed by atoms with E-state index in [2.05, 4.69) is 0 Å². The van der Waals surface area contributed by atoms with Crippen LogP contribution in [0, 0.1) is 0 Å². The fourth-order valence-corrected chi connectivity index (χ4v) is 4.72. The maximum Gasteiger partial charge on any atom is 0.337 e. The SMILES string of the molecule is COC(=O)c1ccc2c(c1)SC1C(=O)N(Cc3ccccc3Cl)CC(=O)N21. The van der Waals surface area contributed by atoms with Crippen molar-refractivity contribution in [2.24, 2.45) is 0 Å². The van der Waals surface area contributed by atoms with Gasteiger partial charge in [-0.05, 0) is 29.8 Å². The number of anilines is 1. The van der Waals surface area contributed by atoms with E-state index in [1.165, 1.54) is 28.7 Å². The summed E-state index contributed by atoms with van der Waals surface area (Å²) in [5, 5.41) is -0.109. The molecule has 138 valence electrons. The number of amides is 2. The molecule has 0 bridgehead atoms. The van der Waals surface area contributed by atoms with Crippen molar-refractivity contribution in [3.05, 3.63) is 58.6 Å². The molecule has 0 spiro atoms. The van der Waals surface area contributed by atoms with Crippen LogP contribution in [0.2, 0.25) is 5.02 Å². The highest BCUT2D eigenvalue weighted by Gasteiger charge is 2.46. The largest absolute Gasteiger partial charge is 0.465 e. The maximum atomic E-state index is 13.0. The monoisotopic (exact) mass is 402 g/mol. The van der Waals surface area contributed by atoms with Gasteiger partial charge in [-0.1, -0.05) is 41.6 Å². The average Bonchev–Trinajstić information content (AvgIpc) is 3.06. The number of rotatable bonds is 3. The third kappa shape index (κ3) is 3.07. The van der Waals surface area contributed by atoms with Gasteiger partial charge in [0.1, 0.15) is 6.54 Å². The minimum atomic E-state index is -0.670. The van der Waals surface area contributed by atoms with Crippen LogP contribution in [-0.4, -0.2) is 41.7 Å². The zero-order valence-electron chi connectivity index (χ0n) is 14.3. The molecule has 0 saturated carbocycles. The quantitative estimate of drug-likeness (QED) is 0.738. The first kappa shape index (κ1) is 17.9. The number of nitrogens with zero attached hydrogens (tertiary/aromatic N) is 2. The number of methoxy groups -OCH3 is 1. The van der Waals surface area contributed by atoms with E-state index in [0.717, 1.165) is 5.56 Å². The first-order chi connectivity index (χ1) is 13.0. The maximum absolute atomic E-state index is 13.0. The van der Waals surface area contributed by atoms with Gasteiger partial charge in [0.15, 0.2) is 5.37 Å². The Kier molecular flexibility index (Phi) is 4.57. The van der Waals surface area contributed by atoms with Crippen molar-refractivity contribution in [3.63, 3.8) is 0 Å². The van der Waals surface area contributed by atoms with Crippen molar-refractivity contribution in [2.75, 3.05) is 18.6 Å². The Balaban J connectivity index is 1.61. The fourth-order valence-electron chi connectivity index (χ4n) is 3.22. The van der Waals surface area contributed by atoms with E-state index in [4.69, 9.17) is 16.3 Å². The molecule has 2 aromatic carbocycles. The Hall–Kier alpha value is -2.51. The molecule has 2 aromatic rings. The summed E-state index contributed by atoms with van der Waals surface area (Å²) in [4.78, 5) is 41.2.